The van der Waals surface area contributed by atoms with Crippen molar-refractivity contribution in [2.24, 2.45) is 0 Å². The number of methoxy groups -OCH3 is 1. The number of Topliss-reactive ketones (excluding diaryl/α,β-unsaturated/α-hetero) is 1. The Balaban J connectivity index is 1.95. The van der Waals surface area contributed by atoms with Gasteiger partial charge in [0, 0.05) is 12.0 Å². The maximum atomic E-state index is 11.5. The third kappa shape index (κ3) is 4.09. The van der Waals surface area contributed by atoms with E-state index in [-0.39, 0.29) is 12.4 Å². The molecular formula is C18H20O4. The van der Waals surface area contributed by atoms with Crippen LogP contribution in [0.2, 0.25) is 0 Å². The molecule has 2 rings (SSSR count). The largest absolute Gasteiger partial charge is 0.497 e. The third-order valence-electron chi connectivity index (χ3n) is 3.38. The van der Waals surface area contributed by atoms with Crippen molar-refractivity contribution in [2.45, 2.75) is 19.4 Å². The van der Waals surface area contributed by atoms with E-state index in [1.807, 2.05) is 25.1 Å². The Bertz CT molecular complexity index is 619. The van der Waals surface area contributed by atoms with Crippen molar-refractivity contribution < 1.29 is 19.4 Å². The van der Waals surface area contributed by atoms with Crippen molar-refractivity contribution in [1.29, 1.82) is 0 Å². The zero-order valence-electron chi connectivity index (χ0n) is 12.8. The molecule has 0 aliphatic rings. The average Bonchev–Trinajstić information content (AvgIpc) is 2.59. The number of aliphatic hydroxyl groups excluding tert-OH is 1. The van der Waals surface area contributed by atoms with Gasteiger partial charge in [0.25, 0.3) is 0 Å². The molecule has 1 unspecified atom stereocenters. The lowest BCUT2D eigenvalue weighted by Crippen LogP contribution is -2.10. The highest BCUT2D eigenvalue weighted by molar-refractivity contribution is 5.95. The fourth-order valence-electron chi connectivity index (χ4n) is 2.06. The number of aliphatic hydroxyl groups is 1. The first kappa shape index (κ1) is 16.0. The molecule has 0 saturated heterocycles. The standard InChI is InChI=1S/C18H20O4/c1-3-17(19)13-7-9-15(10-8-13)22-12-18(20)14-5-4-6-16(11-14)21-2/h4-11,18,20H,3,12H2,1-2H3. The summed E-state index contributed by atoms with van der Waals surface area (Å²) in [7, 11) is 1.58. The van der Waals surface area contributed by atoms with Crippen molar-refractivity contribution in [3.8, 4) is 11.5 Å². The molecular weight excluding hydrogens is 280 g/mol. The Morgan fingerprint density at radius 3 is 2.50 bits per heavy atom. The quantitative estimate of drug-likeness (QED) is 0.796. The lowest BCUT2D eigenvalue weighted by Gasteiger charge is -2.13. The summed E-state index contributed by atoms with van der Waals surface area (Å²) in [6, 6.07) is 14.2. The van der Waals surface area contributed by atoms with Crippen LogP contribution in [-0.4, -0.2) is 24.6 Å². The number of ether oxygens (including phenoxy) is 2. The second-order valence-corrected chi connectivity index (χ2v) is 4.90. The van der Waals surface area contributed by atoms with Gasteiger partial charge >= 0.3 is 0 Å². The van der Waals surface area contributed by atoms with Gasteiger partial charge in [-0.1, -0.05) is 19.1 Å². The van der Waals surface area contributed by atoms with Gasteiger partial charge in [0.1, 0.15) is 24.2 Å². The molecule has 0 fully saturated rings. The second kappa shape index (κ2) is 7.61. The Labute approximate surface area is 130 Å². The molecule has 0 aliphatic carbocycles. The number of ketones is 1. The van der Waals surface area contributed by atoms with Gasteiger partial charge in [0.05, 0.1) is 7.11 Å². The SMILES string of the molecule is CCC(=O)c1ccc(OCC(O)c2cccc(OC)c2)cc1. The van der Waals surface area contributed by atoms with Crippen LogP contribution in [0, 0.1) is 0 Å². The highest BCUT2D eigenvalue weighted by Gasteiger charge is 2.10. The minimum atomic E-state index is -0.743. The summed E-state index contributed by atoms with van der Waals surface area (Å²) in [4.78, 5) is 11.5. The van der Waals surface area contributed by atoms with E-state index in [2.05, 4.69) is 0 Å². The molecule has 1 N–H and O–H groups in total. The average molecular weight is 300 g/mol. The molecule has 0 amide bonds. The number of hydrogen-bond acceptors (Lipinski definition) is 4. The number of rotatable bonds is 7. The van der Waals surface area contributed by atoms with Gasteiger partial charge in [-0.15, -0.1) is 0 Å². The molecule has 0 aliphatic heterocycles. The van der Waals surface area contributed by atoms with E-state index in [4.69, 9.17) is 9.47 Å². The van der Waals surface area contributed by atoms with E-state index in [9.17, 15) is 9.90 Å². The van der Waals surface area contributed by atoms with Crippen LogP contribution in [0.25, 0.3) is 0 Å². The first-order valence-corrected chi connectivity index (χ1v) is 7.22. The van der Waals surface area contributed by atoms with Crippen molar-refractivity contribution in [3.05, 3.63) is 59.7 Å². The minimum absolute atomic E-state index is 0.1000. The van der Waals surface area contributed by atoms with Gasteiger partial charge in [0.15, 0.2) is 5.78 Å². The van der Waals surface area contributed by atoms with Crippen LogP contribution in [0.1, 0.15) is 35.4 Å². The van der Waals surface area contributed by atoms with Crippen LogP contribution in [0.4, 0.5) is 0 Å². The summed E-state index contributed by atoms with van der Waals surface area (Å²) < 4.78 is 10.7. The minimum Gasteiger partial charge on any atom is -0.497 e. The number of carbonyl (C=O) groups is 1. The van der Waals surface area contributed by atoms with Crippen molar-refractivity contribution in [2.75, 3.05) is 13.7 Å². The summed E-state index contributed by atoms with van der Waals surface area (Å²) in [5, 5.41) is 10.1. The maximum Gasteiger partial charge on any atom is 0.162 e. The Morgan fingerprint density at radius 1 is 1.14 bits per heavy atom. The van der Waals surface area contributed by atoms with E-state index >= 15 is 0 Å². The molecule has 0 heterocycles. The zero-order chi connectivity index (χ0) is 15.9. The predicted octanol–water partition coefficient (Wildman–Crippen LogP) is 3.40. The monoisotopic (exact) mass is 300 g/mol. The molecule has 0 aromatic heterocycles. The lowest BCUT2D eigenvalue weighted by molar-refractivity contribution is 0.0987. The summed E-state index contributed by atoms with van der Waals surface area (Å²) in [6.45, 7) is 1.96. The summed E-state index contributed by atoms with van der Waals surface area (Å²) in [5.74, 6) is 1.41. The highest BCUT2D eigenvalue weighted by atomic mass is 16.5. The number of carbonyl (C=O) groups excluding carboxylic acids is 1. The van der Waals surface area contributed by atoms with E-state index in [0.717, 1.165) is 5.56 Å². The van der Waals surface area contributed by atoms with Crippen LogP contribution in [0.15, 0.2) is 48.5 Å². The van der Waals surface area contributed by atoms with E-state index in [1.54, 1.807) is 37.4 Å². The zero-order valence-corrected chi connectivity index (χ0v) is 12.8. The van der Waals surface area contributed by atoms with Gasteiger partial charge < -0.3 is 14.6 Å². The molecule has 116 valence electrons. The second-order valence-electron chi connectivity index (χ2n) is 4.90. The van der Waals surface area contributed by atoms with Gasteiger partial charge in [-0.2, -0.15) is 0 Å². The van der Waals surface area contributed by atoms with Crippen LogP contribution >= 0.6 is 0 Å². The smallest absolute Gasteiger partial charge is 0.162 e. The Morgan fingerprint density at radius 2 is 1.86 bits per heavy atom. The summed E-state index contributed by atoms with van der Waals surface area (Å²) >= 11 is 0. The van der Waals surface area contributed by atoms with Gasteiger partial charge in [-0.25, -0.2) is 0 Å². The fraction of sp³-hybridized carbons (Fsp3) is 0.278. The molecule has 2 aromatic rings. The van der Waals surface area contributed by atoms with Crippen LogP contribution < -0.4 is 9.47 Å². The Kier molecular flexibility index (Phi) is 5.55. The molecule has 1 atom stereocenters. The molecule has 4 heteroatoms. The van der Waals surface area contributed by atoms with Gasteiger partial charge in [0.2, 0.25) is 0 Å². The van der Waals surface area contributed by atoms with Crippen LogP contribution in [0.5, 0.6) is 11.5 Å². The third-order valence-corrected chi connectivity index (χ3v) is 3.38. The van der Waals surface area contributed by atoms with Gasteiger partial charge in [-0.05, 0) is 42.0 Å². The molecule has 0 saturated carbocycles. The maximum absolute atomic E-state index is 11.5. The van der Waals surface area contributed by atoms with E-state index in [1.165, 1.54) is 0 Å². The van der Waals surface area contributed by atoms with Crippen molar-refractivity contribution >= 4 is 5.78 Å². The molecule has 0 spiro atoms. The van der Waals surface area contributed by atoms with Crippen molar-refractivity contribution in [3.63, 3.8) is 0 Å². The van der Waals surface area contributed by atoms with Crippen LogP contribution in [-0.2, 0) is 0 Å². The summed E-state index contributed by atoms with van der Waals surface area (Å²) in [6.07, 6.45) is -0.263. The normalized spacial score (nSPS) is 11.8. The van der Waals surface area contributed by atoms with E-state index < -0.39 is 6.10 Å². The molecule has 22 heavy (non-hydrogen) atoms. The lowest BCUT2D eigenvalue weighted by atomic mass is 10.1. The fourth-order valence-corrected chi connectivity index (χ4v) is 2.06. The van der Waals surface area contributed by atoms with Gasteiger partial charge in [-0.3, -0.25) is 4.79 Å². The van der Waals surface area contributed by atoms with Crippen molar-refractivity contribution in [1.82, 2.24) is 0 Å². The molecule has 4 nitrogen and oxygen atoms in total. The first-order chi connectivity index (χ1) is 10.6. The molecule has 0 radical (unpaired) electrons. The first-order valence-electron chi connectivity index (χ1n) is 7.22. The highest BCUT2D eigenvalue weighted by Crippen LogP contribution is 2.21. The Hall–Kier alpha value is -2.33. The summed E-state index contributed by atoms with van der Waals surface area (Å²) in [5.41, 5.74) is 1.40. The topological polar surface area (TPSA) is 55.8 Å². The predicted molar refractivity (Wildman–Crippen MR) is 84.5 cm³/mol. The van der Waals surface area contributed by atoms with E-state index in [0.29, 0.717) is 23.5 Å². The molecule has 2 aromatic carbocycles. The molecule has 0 bridgehead atoms. The van der Waals surface area contributed by atoms with Crippen LogP contribution in [0.3, 0.4) is 0 Å². The number of hydrogen-bond donors (Lipinski definition) is 1. The number of benzene rings is 2.